The van der Waals surface area contributed by atoms with E-state index < -0.39 is 0 Å². The van der Waals surface area contributed by atoms with Gasteiger partial charge in [0.2, 0.25) is 0 Å². The maximum Gasteiger partial charge on any atom is 0.0628 e. The number of rotatable bonds is 4. The van der Waals surface area contributed by atoms with E-state index in [0.717, 1.165) is 18.4 Å². The fourth-order valence-electron chi connectivity index (χ4n) is 3.02. The molecule has 2 unspecified atom stereocenters. The van der Waals surface area contributed by atoms with Crippen molar-refractivity contribution < 1.29 is 4.74 Å². The van der Waals surface area contributed by atoms with Crippen LogP contribution in [0.1, 0.15) is 52.4 Å². The first-order valence-corrected chi connectivity index (χ1v) is 6.62. The van der Waals surface area contributed by atoms with Crippen molar-refractivity contribution in [3.63, 3.8) is 0 Å². The molecule has 2 saturated carbocycles. The second kappa shape index (κ2) is 4.75. The average Bonchev–Trinajstić information content (AvgIpc) is 2.95. The van der Waals surface area contributed by atoms with Crippen LogP contribution in [0.15, 0.2) is 0 Å². The van der Waals surface area contributed by atoms with E-state index >= 15 is 0 Å². The lowest BCUT2D eigenvalue weighted by molar-refractivity contribution is -0.0200. The van der Waals surface area contributed by atoms with E-state index in [1.807, 2.05) is 0 Å². The second-order valence-electron chi connectivity index (χ2n) is 6.19. The summed E-state index contributed by atoms with van der Waals surface area (Å²) in [6.45, 7) is 5.48. The molecule has 0 amide bonds. The minimum atomic E-state index is 0.249. The van der Waals surface area contributed by atoms with E-state index in [-0.39, 0.29) is 5.41 Å². The topological polar surface area (TPSA) is 33.0 Å². The van der Waals surface area contributed by atoms with Gasteiger partial charge in [-0.2, -0.15) is 5.26 Å². The zero-order valence-corrected chi connectivity index (χ0v) is 10.5. The van der Waals surface area contributed by atoms with Crippen molar-refractivity contribution in [2.45, 2.75) is 58.5 Å². The van der Waals surface area contributed by atoms with E-state index in [4.69, 9.17) is 10.00 Å². The van der Waals surface area contributed by atoms with Gasteiger partial charge in [0.05, 0.1) is 18.8 Å². The lowest BCUT2D eigenvalue weighted by Gasteiger charge is -2.32. The minimum Gasteiger partial charge on any atom is -0.378 e. The van der Waals surface area contributed by atoms with Gasteiger partial charge < -0.3 is 4.74 Å². The molecule has 0 heterocycles. The first kappa shape index (κ1) is 11.9. The van der Waals surface area contributed by atoms with Crippen LogP contribution in [0.5, 0.6) is 0 Å². The molecule has 0 aliphatic heterocycles. The van der Waals surface area contributed by atoms with Crippen LogP contribution < -0.4 is 0 Å². The summed E-state index contributed by atoms with van der Waals surface area (Å²) in [6.07, 6.45) is 7.31. The molecule has 0 aromatic carbocycles. The molecule has 2 heteroatoms. The number of nitrogens with zero attached hydrogens (tertiary/aromatic N) is 1. The van der Waals surface area contributed by atoms with Gasteiger partial charge in [-0.1, -0.05) is 13.8 Å². The maximum absolute atomic E-state index is 8.76. The molecule has 0 radical (unpaired) electrons. The largest absolute Gasteiger partial charge is 0.378 e. The number of hydrogen-bond donors (Lipinski definition) is 0. The van der Waals surface area contributed by atoms with E-state index in [1.165, 1.54) is 32.1 Å². The first-order chi connectivity index (χ1) is 7.63. The molecule has 16 heavy (non-hydrogen) atoms. The normalized spacial score (nSPS) is 36.7. The Hall–Kier alpha value is -0.550. The smallest absolute Gasteiger partial charge is 0.0628 e. The van der Waals surface area contributed by atoms with Crippen LogP contribution in [0.4, 0.5) is 0 Å². The Bertz CT molecular complexity index is 267. The van der Waals surface area contributed by atoms with Crippen molar-refractivity contribution in [3.8, 4) is 6.07 Å². The van der Waals surface area contributed by atoms with Crippen molar-refractivity contribution in [1.82, 2.24) is 0 Å². The van der Waals surface area contributed by atoms with Gasteiger partial charge in [0.25, 0.3) is 0 Å². The zero-order valence-electron chi connectivity index (χ0n) is 10.5. The van der Waals surface area contributed by atoms with Crippen molar-refractivity contribution >= 4 is 0 Å². The highest BCUT2D eigenvalue weighted by Gasteiger charge is 2.43. The van der Waals surface area contributed by atoms with Crippen molar-refractivity contribution in [3.05, 3.63) is 0 Å². The van der Waals surface area contributed by atoms with E-state index in [0.29, 0.717) is 12.5 Å². The molecule has 2 aliphatic carbocycles. The summed E-state index contributed by atoms with van der Waals surface area (Å²) >= 11 is 0. The van der Waals surface area contributed by atoms with Gasteiger partial charge in [0.15, 0.2) is 0 Å². The summed E-state index contributed by atoms with van der Waals surface area (Å²) in [5.41, 5.74) is 0.249. The molecule has 0 aromatic heterocycles. The van der Waals surface area contributed by atoms with Crippen LogP contribution in [-0.4, -0.2) is 12.7 Å². The third-order valence-electron chi connectivity index (χ3n) is 4.17. The Morgan fingerprint density at radius 3 is 2.31 bits per heavy atom. The number of nitriles is 1. The third-order valence-corrected chi connectivity index (χ3v) is 4.17. The molecule has 0 spiro atoms. The van der Waals surface area contributed by atoms with E-state index in [2.05, 4.69) is 19.9 Å². The Morgan fingerprint density at radius 2 is 1.81 bits per heavy atom. The maximum atomic E-state index is 8.76. The molecular weight excluding hydrogens is 198 g/mol. The fourth-order valence-corrected chi connectivity index (χ4v) is 3.02. The van der Waals surface area contributed by atoms with Gasteiger partial charge >= 0.3 is 0 Å². The number of ether oxygens (including phenoxy) is 1. The van der Waals surface area contributed by atoms with Crippen molar-refractivity contribution in [2.24, 2.45) is 17.3 Å². The predicted molar refractivity (Wildman–Crippen MR) is 63.8 cm³/mol. The zero-order chi connectivity index (χ0) is 11.6. The van der Waals surface area contributed by atoms with Crippen molar-refractivity contribution in [1.29, 1.82) is 5.26 Å². The summed E-state index contributed by atoms with van der Waals surface area (Å²) in [5, 5.41) is 8.76. The molecular formula is C14H23NO. The summed E-state index contributed by atoms with van der Waals surface area (Å²) < 4.78 is 6.05. The molecule has 90 valence electrons. The quantitative estimate of drug-likeness (QED) is 0.727. The molecule has 2 nitrogen and oxygen atoms in total. The minimum absolute atomic E-state index is 0.249. The van der Waals surface area contributed by atoms with Gasteiger partial charge in [-0.25, -0.2) is 0 Å². The summed E-state index contributed by atoms with van der Waals surface area (Å²) in [5.74, 6) is 1.61. The highest BCUT2D eigenvalue weighted by Crippen LogP contribution is 2.49. The summed E-state index contributed by atoms with van der Waals surface area (Å²) in [6, 6.07) is 2.30. The lowest BCUT2D eigenvalue weighted by atomic mass is 9.82. The Labute approximate surface area is 99.0 Å². The fraction of sp³-hybridized carbons (Fsp3) is 0.929. The van der Waals surface area contributed by atoms with Gasteiger partial charge in [-0.15, -0.1) is 0 Å². The van der Waals surface area contributed by atoms with Crippen LogP contribution in [0, 0.1) is 28.6 Å². The molecule has 2 aliphatic rings. The standard InChI is InChI=1S/C14H23NO/c1-11-7-12(2)9-13(8-11)16-10-14(3-4-14)5-6-15/h11-13H,3-5,7-10H2,1-2H3. The van der Waals surface area contributed by atoms with Gasteiger partial charge in [0.1, 0.15) is 0 Å². The van der Waals surface area contributed by atoms with Crippen LogP contribution in [-0.2, 0) is 4.74 Å². The van der Waals surface area contributed by atoms with E-state index in [1.54, 1.807) is 0 Å². The van der Waals surface area contributed by atoms with Crippen molar-refractivity contribution in [2.75, 3.05) is 6.61 Å². The lowest BCUT2D eigenvalue weighted by Crippen LogP contribution is -2.28. The summed E-state index contributed by atoms with van der Waals surface area (Å²) in [7, 11) is 0. The van der Waals surface area contributed by atoms with Crippen LogP contribution in [0.25, 0.3) is 0 Å². The Kier molecular flexibility index (Phi) is 3.54. The molecule has 0 bridgehead atoms. The monoisotopic (exact) mass is 221 g/mol. The number of hydrogen-bond acceptors (Lipinski definition) is 2. The molecule has 0 aromatic rings. The van der Waals surface area contributed by atoms with E-state index in [9.17, 15) is 0 Å². The third kappa shape index (κ3) is 2.98. The average molecular weight is 221 g/mol. The molecule has 0 N–H and O–H groups in total. The van der Waals surface area contributed by atoms with Gasteiger partial charge in [0, 0.05) is 11.8 Å². The first-order valence-electron chi connectivity index (χ1n) is 6.62. The van der Waals surface area contributed by atoms with Crippen LogP contribution >= 0.6 is 0 Å². The summed E-state index contributed by atoms with van der Waals surface area (Å²) in [4.78, 5) is 0. The Morgan fingerprint density at radius 1 is 1.19 bits per heavy atom. The highest BCUT2D eigenvalue weighted by atomic mass is 16.5. The highest BCUT2D eigenvalue weighted by molar-refractivity contribution is 4.99. The second-order valence-corrected chi connectivity index (χ2v) is 6.19. The molecule has 0 saturated heterocycles. The molecule has 2 fully saturated rings. The van der Waals surface area contributed by atoms with Gasteiger partial charge in [-0.3, -0.25) is 0 Å². The predicted octanol–water partition coefficient (Wildman–Crippen LogP) is 3.52. The van der Waals surface area contributed by atoms with Crippen LogP contribution in [0.2, 0.25) is 0 Å². The molecule has 2 atom stereocenters. The van der Waals surface area contributed by atoms with Gasteiger partial charge in [-0.05, 0) is 43.9 Å². The molecule has 2 rings (SSSR count). The Balaban J connectivity index is 1.75. The SMILES string of the molecule is CC1CC(C)CC(OCC2(CC#N)CC2)C1. The van der Waals surface area contributed by atoms with Crippen LogP contribution in [0.3, 0.4) is 0 Å².